The highest BCUT2D eigenvalue weighted by atomic mass is 32.1. The van der Waals surface area contributed by atoms with E-state index in [1.165, 1.54) is 0 Å². The van der Waals surface area contributed by atoms with Gasteiger partial charge in [0.2, 0.25) is 11.8 Å². The molecule has 2 aliphatic rings. The van der Waals surface area contributed by atoms with E-state index in [1.807, 2.05) is 27.1 Å². The molecule has 5 rings (SSSR count). The zero-order valence-electron chi connectivity index (χ0n) is 13.1. The van der Waals surface area contributed by atoms with Crippen molar-refractivity contribution in [3.05, 3.63) is 35.2 Å². The maximum Gasteiger partial charge on any atom is 0.229 e. The van der Waals surface area contributed by atoms with Crippen LogP contribution in [0.4, 0.5) is 0 Å². The van der Waals surface area contributed by atoms with Gasteiger partial charge in [-0.2, -0.15) is 4.98 Å². The number of carbonyl (C=O) groups is 1. The fourth-order valence-corrected chi connectivity index (χ4v) is 4.05. The first-order chi connectivity index (χ1) is 11.8. The van der Waals surface area contributed by atoms with E-state index in [9.17, 15) is 4.79 Å². The Hall–Kier alpha value is -2.22. The van der Waals surface area contributed by atoms with Gasteiger partial charge < -0.3 is 9.42 Å². The first-order valence-corrected chi connectivity index (χ1v) is 9.20. The Bertz CT molecular complexity index is 865. The van der Waals surface area contributed by atoms with Crippen LogP contribution >= 0.6 is 11.3 Å². The summed E-state index contributed by atoms with van der Waals surface area (Å²) in [6.07, 6.45) is 8.33. The van der Waals surface area contributed by atoms with Gasteiger partial charge in [-0.05, 0) is 25.7 Å². The highest BCUT2D eigenvalue weighted by Crippen LogP contribution is 2.40. The van der Waals surface area contributed by atoms with E-state index in [-0.39, 0.29) is 11.9 Å². The smallest absolute Gasteiger partial charge is 0.229 e. The summed E-state index contributed by atoms with van der Waals surface area (Å²) in [5.74, 6) is 1.92. The third-order valence-corrected chi connectivity index (χ3v) is 5.50. The van der Waals surface area contributed by atoms with Gasteiger partial charge in [-0.15, -0.1) is 11.3 Å². The summed E-state index contributed by atoms with van der Waals surface area (Å²) < 4.78 is 7.32. The third kappa shape index (κ3) is 2.41. The van der Waals surface area contributed by atoms with Crippen molar-refractivity contribution >= 4 is 22.2 Å². The average molecular weight is 343 g/mol. The molecule has 1 aliphatic heterocycles. The minimum atomic E-state index is -0.0579. The summed E-state index contributed by atoms with van der Waals surface area (Å²) in [5, 5.41) is 6.11. The summed E-state index contributed by atoms with van der Waals surface area (Å²) in [7, 11) is 0. The molecule has 0 bridgehead atoms. The van der Waals surface area contributed by atoms with Gasteiger partial charge in [-0.3, -0.25) is 9.20 Å². The second-order valence-electron chi connectivity index (χ2n) is 6.51. The van der Waals surface area contributed by atoms with Gasteiger partial charge in [0.1, 0.15) is 0 Å². The van der Waals surface area contributed by atoms with Gasteiger partial charge in [0.05, 0.1) is 18.2 Å². The summed E-state index contributed by atoms with van der Waals surface area (Å²) in [4.78, 5) is 24.6. The fraction of sp³-hybridized carbons (Fsp3) is 0.500. The van der Waals surface area contributed by atoms with E-state index >= 15 is 0 Å². The predicted octanol–water partition coefficient (Wildman–Crippen LogP) is 2.56. The van der Waals surface area contributed by atoms with Crippen molar-refractivity contribution in [3.63, 3.8) is 0 Å². The molecule has 1 amide bonds. The lowest BCUT2D eigenvalue weighted by Gasteiger charge is -2.21. The zero-order valence-corrected chi connectivity index (χ0v) is 13.9. The van der Waals surface area contributed by atoms with Crippen molar-refractivity contribution < 1.29 is 9.32 Å². The molecule has 2 fully saturated rings. The molecule has 7 nitrogen and oxygen atoms in total. The highest BCUT2D eigenvalue weighted by Gasteiger charge is 2.36. The number of hydrogen-bond acceptors (Lipinski definition) is 6. The lowest BCUT2D eigenvalue weighted by atomic mass is 10.2. The molecule has 24 heavy (non-hydrogen) atoms. The average Bonchev–Trinajstić information content (AvgIpc) is 3.00. The molecule has 0 spiro atoms. The number of aromatic nitrogens is 4. The normalized spacial score (nSPS) is 21.0. The Kier molecular flexibility index (Phi) is 3.19. The quantitative estimate of drug-likeness (QED) is 0.728. The van der Waals surface area contributed by atoms with Crippen LogP contribution in [-0.4, -0.2) is 36.9 Å². The fourth-order valence-electron chi connectivity index (χ4n) is 3.33. The lowest BCUT2D eigenvalue weighted by Crippen LogP contribution is -2.32. The summed E-state index contributed by atoms with van der Waals surface area (Å²) in [6.45, 7) is 0.749. The number of nitrogens with zero attached hydrogens (tertiary/aromatic N) is 5. The SMILES string of the molecule is O=C(Cc1cn2ccsc2n1)N1CCC[C@H]1c1noc(C2CC2)n1. The van der Waals surface area contributed by atoms with Crippen LogP contribution in [0.1, 0.15) is 55.1 Å². The molecular weight excluding hydrogens is 326 g/mol. The maximum atomic E-state index is 12.7. The maximum absolute atomic E-state index is 12.7. The van der Waals surface area contributed by atoms with Crippen molar-refractivity contribution in [3.8, 4) is 0 Å². The Labute approximate surface area is 142 Å². The monoisotopic (exact) mass is 343 g/mol. The Morgan fingerprint density at radius 3 is 3.08 bits per heavy atom. The van der Waals surface area contributed by atoms with Gasteiger partial charge in [0.25, 0.3) is 0 Å². The molecule has 3 aromatic heterocycles. The molecule has 4 heterocycles. The summed E-state index contributed by atoms with van der Waals surface area (Å²) in [6, 6.07) is -0.0579. The van der Waals surface area contributed by atoms with Gasteiger partial charge in [0, 0.05) is 30.2 Å². The zero-order chi connectivity index (χ0) is 16.1. The van der Waals surface area contributed by atoms with Gasteiger partial charge >= 0.3 is 0 Å². The number of amides is 1. The van der Waals surface area contributed by atoms with Crippen LogP contribution in [0.15, 0.2) is 22.3 Å². The van der Waals surface area contributed by atoms with Crippen LogP contribution in [0.5, 0.6) is 0 Å². The highest BCUT2D eigenvalue weighted by molar-refractivity contribution is 7.15. The van der Waals surface area contributed by atoms with Crippen molar-refractivity contribution in [1.82, 2.24) is 24.4 Å². The third-order valence-electron chi connectivity index (χ3n) is 4.73. The molecule has 1 aliphatic carbocycles. The Morgan fingerprint density at radius 2 is 2.25 bits per heavy atom. The van der Waals surface area contributed by atoms with E-state index in [2.05, 4.69) is 15.1 Å². The molecule has 0 N–H and O–H groups in total. The molecule has 3 aromatic rings. The van der Waals surface area contributed by atoms with E-state index < -0.39 is 0 Å². The van der Waals surface area contributed by atoms with Gasteiger partial charge in [-0.25, -0.2) is 4.98 Å². The van der Waals surface area contributed by atoms with Crippen LogP contribution in [0.25, 0.3) is 4.96 Å². The van der Waals surface area contributed by atoms with E-state index in [0.717, 1.165) is 48.8 Å². The largest absolute Gasteiger partial charge is 0.339 e. The Morgan fingerprint density at radius 1 is 1.33 bits per heavy atom. The first-order valence-electron chi connectivity index (χ1n) is 8.32. The topological polar surface area (TPSA) is 76.5 Å². The van der Waals surface area contributed by atoms with Gasteiger partial charge in [-0.1, -0.05) is 5.16 Å². The molecule has 0 unspecified atom stereocenters. The van der Waals surface area contributed by atoms with Crippen molar-refractivity contribution in [2.75, 3.05) is 6.54 Å². The van der Waals surface area contributed by atoms with E-state index in [1.54, 1.807) is 11.3 Å². The van der Waals surface area contributed by atoms with E-state index in [4.69, 9.17) is 4.52 Å². The second-order valence-corrected chi connectivity index (χ2v) is 7.39. The minimum absolute atomic E-state index is 0.0579. The lowest BCUT2D eigenvalue weighted by molar-refractivity contribution is -0.131. The number of thiazole rings is 1. The minimum Gasteiger partial charge on any atom is -0.339 e. The molecule has 0 aromatic carbocycles. The summed E-state index contributed by atoms with van der Waals surface area (Å²) in [5.41, 5.74) is 0.810. The number of carbonyl (C=O) groups excluding carboxylic acids is 1. The van der Waals surface area contributed by atoms with Crippen molar-refractivity contribution in [1.29, 1.82) is 0 Å². The van der Waals surface area contributed by atoms with Crippen LogP contribution in [-0.2, 0) is 11.2 Å². The standard InChI is InChI=1S/C16H17N5O2S/c22-13(8-11-9-20-6-7-24-16(20)17-11)21-5-1-2-12(21)14-18-15(23-19-14)10-3-4-10/h6-7,9-10,12H,1-5,8H2/t12-/m0/s1. The molecule has 124 valence electrons. The molecule has 1 atom stereocenters. The molecule has 0 radical (unpaired) electrons. The van der Waals surface area contributed by atoms with Gasteiger partial charge in [0.15, 0.2) is 10.8 Å². The number of hydrogen-bond donors (Lipinski definition) is 0. The van der Waals surface area contributed by atoms with Crippen LogP contribution in [0.2, 0.25) is 0 Å². The summed E-state index contributed by atoms with van der Waals surface area (Å²) >= 11 is 1.57. The van der Waals surface area contributed by atoms with Crippen molar-refractivity contribution in [2.45, 2.75) is 44.1 Å². The number of likely N-dealkylation sites (tertiary alicyclic amines) is 1. The van der Waals surface area contributed by atoms with Crippen LogP contribution in [0.3, 0.4) is 0 Å². The number of fused-ring (bicyclic) bond motifs is 1. The van der Waals surface area contributed by atoms with E-state index in [0.29, 0.717) is 18.2 Å². The first kappa shape index (κ1) is 14.2. The second kappa shape index (κ2) is 5.41. The molecule has 1 saturated carbocycles. The number of imidazole rings is 1. The molecule has 8 heteroatoms. The number of rotatable bonds is 4. The molecule has 1 saturated heterocycles. The van der Waals surface area contributed by atoms with Crippen molar-refractivity contribution in [2.24, 2.45) is 0 Å². The van der Waals surface area contributed by atoms with Crippen LogP contribution in [0, 0.1) is 0 Å². The molecular formula is C16H17N5O2S. The Balaban J connectivity index is 1.33. The predicted molar refractivity (Wildman–Crippen MR) is 86.7 cm³/mol. The van der Waals surface area contributed by atoms with Crippen LogP contribution < -0.4 is 0 Å².